The van der Waals surface area contributed by atoms with Crippen LogP contribution in [0.25, 0.3) is 0 Å². The summed E-state index contributed by atoms with van der Waals surface area (Å²) in [5, 5.41) is 0. The number of ketones is 1. The Morgan fingerprint density at radius 3 is 2.32 bits per heavy atom. The van der Waals surface area contributed by atoms with E-state index in [9.17, 15) is 9.59 Å². The van der Waals surface area contributed by atoms with Crippen molar-refractivity contribution in [2.45, 2.75) is 79.8 Å². The van der Waals surface area contributed by atoms with Gasteiger partial charge in [0.1, 0.15) is 11.9 Å². The maximum absolute atomic E-state index is 12.7. The molecule has 0 aromatic rings. The summed E-state index contributed by atoms with van der Waals surface area (Å²) in [6.07, 6.45) is 5.23. The monoisotopic (exact) mass is 346 g/mol. The van der Waals surface area contributed by atoms with E-state index in [1.54, 1.807) is 6.92 Å². The molecule has 25 heavy (non-hydrogen) atoms. The molecule has 4 saturated carbocycles. The van der Waals surface area contributed by atoms with Crippen LogP contribution in [0.2, 0.25) is 0 Å². The van der Waals surface area contributed by atoms with Crippen LogP contribution < -0.4 is 0 Å². The number of carbonyl (C=O) groups excluding carboxylic acids is 2. The van der Waals surface area contributed by atoms with Crippen LogP contribution in [0.4, 0.5) is 0 Å². The van der Waals surface area contributed by atoms with Gasteiger partial charge in [-0.1, -0.05) is 34.6 Å². The molecule has 3 nitrogen and oxygen atoms in total. The van der Waals surface area contributed by atoms with Gasteiger partial charge >= 0.3 is 5.97 Å². The van der Waals surface area contributed by atoms with Gasteiger partial charge in [-0.25, -0.2) is 0 Å². The maximum atomic E-state index is 12.7. The number of carbonyl (C=O) groups is 2. The fourth-order valence-electron chi connectivity index (χ4n) is 7.47. The van der Waals surface area contributed by atoms with E-state index in [0.29, 0.717) is 35.4 Å². The van der Waals surface area contributed by atoms with E-state index in [-0.39, 0.29) is 28.3 Å². The van der Waals surface area contributed by atoms with Gasteiger partial charge in [-0.3, -0.25) is 9.59 Å². The highest BCUT2D eigenvalue weighted by Crippen LogP contribution is 2.75. The van der Waals surface area contributed by atoms with Crippen LogP contribution in [-0.4, -0.2) is 17.9 Å². The lowest BCUT2D eigenvalue weighted by atomic mass is 9.47. The zero-order chi connectivity index (χ0) is 18.4. The first-order chi connectivity index (χ1) is 11.5. The van der Waals surface area contributed by atoms with Crippen molar-refractivity contribution in [3.8, 4) is 0 Å². The fourth-order valence-corrected chi connectivity index (χ4v) is 7.47. The summed E-state index contributed by atoms with van der Waals surface area (Å²) in [7, 11) is 0. The number of ether oxygens (including phenoxy) is 1. The minimum Gasteiger partial charge on any atom is -0.462 e. The Hall–Kier alpha value is -0.860. The van der Waals surface area contributed by atoms with Crippen LogP contribution in [0.3, 0.4) is 0 Å². The lowest BCUT2D eigenvalue weighted by Gasteiger charge is -2.56. The van der Waals surface area contributed by atoms with Gasteiger partial charge in [0.05, 0.1) is 0 Å². The van der Waals surface area contributed by atoms with E-state index in [4.69, 9.17) is 4.74 Å². The van der Waals surface area contributed by atoms with Gasteiger partial charge in [0, 0.05) is 24.7 Å². The third kappa shape index (κ3) is 2.29. The van der Waals surface area contributed by atoms with Crippen molar-refractivity contribution in [3.05, 3.63) is 0 Å². The minimum absolute atomic E-state index is 0.0521. The predicted octanol–water partition coefficient (Wildman–Crippen LogP) is 4.63. The standard InChI is InChI=1S/C22H34O3/c1-12(2)17-15(25-13(3)23)10-20(4)7-8-21(5)11-16(24)22(6)9-14(22)18(21)19(17)20/h12,14-15,17-19H,7-11H2,1-6H3. The van der Waals surface area contributed by atoms with E-state index in [1.807, 2.05) is 0 Å². The highest BCUT2D eigenvalue weighted by molar-refractivity contribution is 5.89. The number of rotatable bonds is 2. The van der Waals surface area contributed by atoms with E-state index < -0.39 is 0 Å². The van der Waals surface area contributed by atoms with Crippen molar-refractivity contribution >= 4 is 11.8 Å². The smallest absolute Gasteiger partial charge is 0.302 e. The zero-order valence-corrected chi connectivity index (χ0v) is 16.7. The molecule has 0 radical (unpaired) electrons. The molecule has 0 heterocycles. The van der Waals surface area contributed by atoms with Gasteiger partial charge in [0.2, 0.25) is 0 Å². The van der Waals surface area contributed by atoms with Gasteiger partial charge in [0.15, 0.2) is 0 Å². The Morgan fingerprint density at radius 2 is 1.72 bits per heavy atom. The van der Waals surface area contributed by atoms with Gasteiger partial charge < -0.3 is 4.74 Å². The molecule has 3 heteroatoms. The molecule has 0 N–H and O–H groups in total. The Morgan fingerprint density at radius 1 is 1.08 bits per heavy atom. The first kappa shape index (κ1) is 17.5. The van der Waals surface area contributed by atoms with Crippen molar-refractivity contribution < 1.29 is 14.3 Å². The molecule has 0 amide bonds. The van der Waals surface area contributed by atoms with Crippen LogP contribution >= 0.6 is 0 Å². The van der Waals surface area contributed by atoms with Gasteiger partial charge in [-0.15, -0.1) is 0 Å². The molecule has 0 bridgehead atoms. The third-order valence-corrected chi connectivity index (χ3v) is 8.80. The second-order valence-corrected chi connectivity index (χ2v) is 10.9. The summed E-state index contributed by atoms with van der Waals surface area (Å²) in [5.74, 6) is 3.04. The van der Waals surface area contributed by atoms with Gasteiger partial charge in [0.25, 0.3) is 0 Å². The minimum atomic E-state index is -0.143. The van der Waals surface area contributed by atoms with Crippen molar-refractivity contribution in [1.82, 2.24) is 0 Å². The molecular weight excluding hydrogens is 312 g/mol. The first-order valence-electron chi connectivity index (χ1n) is 10.2. The van der Waals surface area contributed by atoms with Crippen molar-refractivity contribution in [2.24, 2.45) is 45.8 Å². The molecule has 0 saturated heterocycles. The Bertz CT molecular complexity index is 625. The van der Waals surface area contributed by atoms with Crippen molar-refractivity contribution in [2.75, 3.05) is 0 Å². The number of esters is 1. The Labute approximate surface area is 152 Å². The molecule has 4 fully saturated rings. The lowest BCUT2D eigenvalue weighted by Crippen LogP contribution is -2.52. The number of hydrogen-bond donors (Lipinski definition) is 0. The lowest BCUT2D eigenvalue weighted by molar-refractivity contribution is -0.150. The van der Waals surface area contributed by atoms with Crippen LogP contribution in [0.15, 0.2) is 0 Å². The topological polar surface area (TPSA) is 43.4 Å². The van der Waals surface area contributed by atoms with E-state index in [2.05, 4.69) is 34.6 Å². The highest BCUT2D eigenvalue weighted by atomic mass is 16.5. The summed E-state index contributed by atoms with van der Waals surface area (Å²) in [6.45, 7) is 13.1. The van der Waals surface area contributed by atoms with E-state index in [0.717, 1.165) is 25.7 Å². The van der Waals surface area contributed by atoms with Crippen LogP contribution in [0.1, 0.15) is 73.6 Å². The quantitative estimate of drug-likeness (QED) is 0.685. The Kier molecular flexibility index (Phi) is 3.58. The summed E-state index contributed by atoms with van der Waals surface area (Å²) in [4.78, 5) is 24.5. The molecule has 8 atom stereocenters. The largest absolute Gasteiger partial charge is 0.462 e. The van der Waals surface area contributed by atoms with Crippen LogP contribution in [-0.2, 0) is 14.3 Å². The second-order valence-electron chi connectivity index (χ2n) is 10.9. The molecule has 140 valence electrons. The number of fused-ring (bicyclic) bond motifs is 5. The van der Waals surface area contributed by atoms with E-state index >= 15 is 0 Å². The van der Waals surface area contributed by atoms with Crippen molar-refractivity contribution in [3.63, 3.8) is 0 Å². The summed E-state index contributed by atoms with van der Waals surface area (Å²) in [6, 6.07) is 0. The SMILES string of the molecule is CC(=O)OC1CC2(C)CCC3(C)CC(=O)C4(C)CC4C3C2C1C(C)C. The molecular formula is C22H34O3. The molecule has 0 aliphatic heterocycles. The first-order valence-corrected chi connectivity index (χ1v) is 10.2. The average molecular weight is 347 g/mol. The summed E-state index contributed by atoms with van der Waals surface area (Å²) in [5.41, 5.74) is 0.354. The predicted molar refractivity (Wildman–Crippen MR) is 96.8 cm³/mol. The van der Waals surface area contributed by atoms with Crippen molar-refractivity contribution in [1.29, 1.82) is 0 Å². The Balaban J connectivity index is 1.75. The molecule has 0 aromatic heterocycles. The molecule has 4 aliphatic carbocycles. The molecule has 4 rings (SSSR count). The number of Topliss-reactive ketones (excluding diaryl/α,β-unsaturated/α-hetero) is 1. The highest BCUT2D eigenvalue weighted by Gasteiger charge is 2.72. The molecule has 0 spiro atoms. The van der Waals surface area contributed by atoms with Crippen LogP contribution in [0.5, 0.6) is 0 Å². The van der Waals surface area contributed by atoms with Gasteiger partial charge in [-0.05, 0) is 60.2 Å². The number of hydrogen-bond acceptors (Lipinski definition) is 3. The second kappa shape index (κ2) is 5.10. The van der Waals surface area contributed by atoms with Gasteiger partial charge in [-0.2, -0.15) is 0 Å². The summed E-state index contributed by atoms with van der Waals surface area (Å²) < 4.78 is 5.84. The third-order valence-electron chi connectivity index (χ3n) is 8.80. The normalized spacial score (nSPS) is 53.9. The van der Waals surface area contributed by atoms with E-state index in [1.165, 1.54) is 6.42 Å². The maximum Gasteiger partial charge on any atom is 0.302 e. The molecule has 4 aliphatic rings. The fraction of sp³-hybridized carbons (Fsp3) is 0.909. The summed E-state index contributed by atoms with van der Waals surface area (Å²) >= 11 is 0. The molecule has 0 aromatic carbocycles. The average Bonchev–Trinajstić information content (AvgIpc) is 3.06. The molecule has 8 unspecified atom stereocenters. The zero-order valence-electron chi connectivity index (χ0n) is 16.7. The van der Waals surface area contributed by atoms with Crippen LogP contribution in [0, 0.1) is 45.8 Å².